The van der Waals surface area contributed by atoms with Crippen molar-refractivity contribution in [1.82, 2.24) is 20.1 Å². The van der Waals surface area contributed by atoms with Gasteiger partial charge in [-0.25, -0.2) is 0 Å². The molecule has 19 heavy (non-hydrogen) atoms. The third kappa shape index (κ3) is 3.09. The molecule has 2 rings (SSSR count). The van der Waals surface area contributed by atoms with Gasteiger partial charge in [0, 0.05) is 25.6 Å². The van der Waals surface area contributed by atoms with Gasteiger partial charge in [-0.15, -0.1) is 10.2 Å². The maximum Gasteiger partial charge on any atom is 0.251 e. The molecule has 0 aliphatic carbocycles. The molecule has 0 aliphatic rings. The highest BCUT2D eigenvalue weighted by Gasteiger charge is 2.07. The Balaban J connectivity index is 1.91. The Morgan fingerprint density at radius 2 is 2.26 bits per heavy atom. The van der Waals surface area contributed by atoms with E-state index in [4.69, 9.17) is 0 Å². The first-order valence-electron chi connectivity index (χ1n) is 5.98. The van der Waals surface area contributed by atoms with Crippen LogP contribution in [0.4, 0.5) is 0 Å². The van der Waals surface area contributed by atoms with Gasteiger partial charge in [0.15, 0.2) is 0 Å². The van der Waals surface area contributed by atoms with E-state index in [1.54, 1.807) is 25.4 Å². The van der Waals surface area contributed by atoms with Gasteiger partial charge in [-0.3, -0.25) is 4.79 Å². The Morgan fingerprint density at radius 3 is 2.89 bits per heavy atom. The minimum Gasteiger partial charge on any atom is -0.508 e. The SMILES string of the molecule is Cc1cc(C(=O)NCCc2nncn2C)ccc1O. The van der Waals surface area contributed by atoms with Crippen LogP contribution in [0.2, 0.25) is 0 Å². The number of carbonyl (C=O) groups excluding carboxylic acids is 1. The van der Waals surface area contributed by atoms with Crippen LogP contribution in [0.3, 0.4) is 0 Å². The number of phenols is 1. The summed E-state index contributed by atoms with van der Waals surface area (Å²) in [6.45, 7) is 2.25. The number of benzene rings is 1. The van der Waals surface area contributed by atoms with Gasteiger partial charge in [-0.1, -0.05) is 0 Å². The summed E-state index contributed by atoms with van der Waals surface area (Å²) in [6.07, 6.45) is 2.25. The number of rotatable bonds is 4. The van der Waals surface area contributed by atoms with E-state index in [1.165, 1.54) is 6.07 Å². The molecule has 1 amide bonds. The minimum atomic E-state index is -0.162. The third-order valence-electron chi connectivity index (χ3n) is 2.90. The number of carbonyl (C=O) groups is 1. The fourth-order valence-electron chi connectivity index (χ4n) is 1.72. The molecular formula is C13H16N4O2. The van der Waals surface area contributed by atoms with Gasteiger partial charge in [0.1, 0.15) is 17.9 Å². The Labute approximate surface area is 111 Å². The molecule has 0 spiro atoms. The first kappa shape index (κ1) is 13.1. The second-order valence-corrected chi connectivity index (χ2v) is 4.37. The fraction of sp³-hybridized carbons (Fsp3) is 0.308. The van der Waals surface area contributed by atoms with E-state index in [-0.39, 0.29) is 11.7 Å². The largest absolute Gasteiger partial charge is 0.508 e. The van der Waals surface area contributed by atoms with Gasteiger partial charge in [0.2, 0.25) is 0 Å². The molecule has 0 saturated carbocycles. The fourth-order valence-corrected chi connectivity index (χ4v) is 1.72. The molecule has 2 N–H and O–H groups in total. The van der Waals surface area contributed by atoms with Gasteiger partial charge in [-0.2, -0.15) is 0 Å². The van der Waals surface area contributed by atoms with E-state index < -0.39 is 0 Å². The first-order chi connectivity index (χ1) is 9.08. The molecule has 2 aromatic rings. The zero-order valence-corrected chi connectivity index (χ0v) is 10.9. The molecule has 1 aromatic heterocycles. The lowest BCUT2D eigenvalue weighted by atomic mass is 10.1. The molecule has 1 heterocycles. The normalized spacial score (nSPS) is 10.4. The second kappa shape index (κ2) is 5.51. The van der Waals surface area contributed by atoms with Crippen molar-refractivity contribution in [2.24, 2.45) is 7.05 Å². The Bertz CT molecular complexity index is 592. The molecule has 1 aromatic carbocycles. The smallest absolute Gasteiger partial charge is 0.251 e. The van der Waals surface area contributed by atoms with E-state index in [9.17, 15) is 9.90 Å². The number of amides is 1. The van der Waals surface area contributed by atoms with Crippen LogP contribution in [0.5, 0.6) is 5.75 Å². The number of aromatic hydroxyl groups is 1. The molecule has 0 radical (unpaired) electrons. The van der Waals surface area contributed by atoms with Crippen molar-refractivity contribution in [1.29, 1.82) is 0 Å². The molecule has 0 aliphatic heterocycles. The second-order valence-electron chi connectivity index (χ2n) is 4.37. The Kier molecular flexibility index (Phi) is 3.79. The van der Waals surface area contributed by atoms with Crippen LogP contribution in [0.1, 0.15) is 21.7 Å². The molecule has 0 unspecified atom stereocenters. The average Bonchev–Trinajstić information content (AvgIpc) is 2.78. The van der Waals surface area contributed by atoms with E-state index in [0.717, 1.165) is 5.82 Å². The summed E-state index contributed by atoms with van der Waals surface area (Å²) < 4.78 is 1.82. The topological polar surface area (TPSA) is 80.0 Å². The van der Waals surface area contributed by atoms with Crippen molar-refractivity contribution in [2.75, 3.05) is 6.54 Å². The standard InChI is InChI=1S/C13H16N4O2/c1-9-7-10(3-4-11(9)18)13(19)14-6-5-12-16-15-8-17(12)2/h3-4,7-8,18H,5-6H2,1-2H3,(H,14,19). The number of aromatic nitrogens is 3. The summed E-state index contributed by atoms with van der Waals surface area (Å²) in [5.74, 6) is 0.850. The lowest BCUT2D eigenvalue weighted by Gasteiger charge is -2.06. The predicted octanol–water partition coefficient (Wildman–Crippen LogP) is 0.802. The maximum absolute atomic E-state index is 11.9. The van der Waals surface area contributed by atoms with Gasteiger partial charge in [0.05, 0.1) is 0 Å². The summed E-state index contributed by atoms with van der Waals surface area (Å²) in [7, 11) is 1.86. The highest BCUT2D eigenvalue weighted by molar-refractivity contribution is 5.94. The molecule has 0 bridgehead atoms. The van der Waals surface area contributed by atoms with Crippen LogP contribution in [-0.2, 0) is 13.5 Å². The highest BCUT2D eigenvalue weighted by Crippen LogP contribution is 2.16. The van der Waals surface area contributed by atoms with Crippen molar-refractivity contribution in [3.63, 3.8) is 0 Å². The number of phenolic OH excluding ortho intramolecular Hbond substituents is 1. The quantitative estimate of drug-likeness (QED) is 0.852. The lowest BCUT2D eigenvalue weighted by molar-refractivity contribution is 0.0954. The lowest BCUT2D eigenvalue weighted by Crippen LogP contribution is -2.26. The van der Waals surface area contributed by atoms with Gasteiger partial charge >= 0.3 is 0 Å². The van der Waals surface area contributed by atoms with E-state index >= 15 is 0 Å². The van der Waals surface area contributed by atoms with Crippen LogP contribution in [0.15, 0.2) is 24.5 Å². The van der Waals surface area contributed by atoms with Gasteiger partial charge in [-0.05, 0) is 30.7 Å². The summed E-state index contributed by atoms with van der Waals surface area (Å²) >= 11 is 0. The Hall–Kier alpha value is -2.37. The number of hydrogen-bond acceptors (Lipinski definition) is 4. The highest BCUT2D eigenvalue weighted by atomic mass is 16.3. The summed E-state index contributed by atoms with van der Waals surface area (Å²) in [6, 6.07) is 4.78. The average molecular weight is 260 g/mol. The summed E-state index contributed by atoms with van der Waals surface area (Å²) in [5, 5.41) is 19.9. The molecule has 0 fully saturated rings. The van der Waals surface area contributed by atoms with Crippen molar-refractivity contribution < 1.29 is 9.90 Å². The van der Waals surface area contributed by atoms with Crippen molar-refractivity contribution in [3.8, 4) is 5.75 Å². The molecule has 0 saturated heterocycles. The number of nitrogens with zero attached hydrogens (tertiary/aromatic N) is 3. The predicted molar refractivity (Wildman–Crippen MR) is 69.9 cm³/mol. The zero-order valence-electron chi connectivity index (χ0n) is 10.9. The van der Waals surface area contributed by atoms with Crippen LogP contribution in [0, 0.1) is 6.92 Å². The molecule has 0 atom stereocenters. The van der Waals surface area contributed by atoms with E-state index in [2.05, 4.69) is 15.5 Å². The van der Waals surface area contributed by atoms with Crippen LogP contribution in [-0.4, -0.2) is 32.3 Å². The number of hydrogen-bond donors (Lipinski definition) is 2. The molecular weight excluding hydrogens is 244 g/mol. The van der Waals surface area contributed by atoms with Gasteiger partial charge < -0.3 is 15.0 Å². The maximum atomic E-state index is 11.9. The Morgan fingerprint density at radius 1 is 1.47 bits per heavy atom. The van der Waals surface area contributed by atoms with E-state index in [0.29, 0.717) is 24.1 Å². The van der Waals surface area contributed by atoms with Crippen LogP contribution in [0.25, 0.3) is 0 Å². The van der Waals surface area contributed by atoms with Crippen LogP contribution >= 0.6 is 0 Å². The minimum absolute atomic E-state index is 0.162. The zero-order chi connectivity index (χ0) is 13.8. The number of aryl methyl sites for hydroxylation is 2. The summed E-state index contributed by atoms with van der Waals surface area (Å²) in [5.41, 5.74) is 1.22. The van der Waals surface area contributed by atoms with E-state index in [1.807, 2.05) is 11.6 Å². The molecule has 6 nitrogen and oxygen atoms in total. The van der Waals surface area contributed by atoms with Gasteiger partial charge in [0.25, 0.3) is 5.91 Å². The summed E-state index contributed by atoms with van der Waals surface area (Å²) in [4.78, 5) is 11.9. The molecule has 100 valence electrons. The van der Waals surface area contributed by atoms with Crippen molar-refractivity contribution in [2.45, 2.75) is 13.3 Å². The monoisotopic (exact) mass is 260 g/mol. The van der Waals surface area contributed by atoms with Crippen molar-refractivity contribution >= 4 is 5.91 Å². The van der Waals surface area contributed by atoms with Crippen molar-refractivity contribution in [3.05, 3.63) is 41.5 Å². The first-order valence-corrected chi connectivity index (χ1v) is 5.98. The van der Waals surface area contributed by atoms with Crippen LogP contribution < -0.4 is 5.32 Å². The number of nitrogens with one attached hydrogen (secondary N) is 1. The molecule has 6 heteroatoms. The third-order valence-corrected chi connectivity index (χ3v) is 2.90.